The molecule has 0 spiro atoms. The third-order valence-corrected chi connectivity index (χ3v) is 6.60. The molecular weight excluding hydrogens is 364 g/mol. The van der Waals surface area contributed by atoms with Crippen molar-refractivity contribution in [1.29, 1.82) is 0 Å². The third-order valence-electron chi connectivity index (χ3n) is 5.05. The Kier molecular flexibility index (Phi) is 4.92. The zero-order chi connectivity index (χ0) is 18.3. The number of hydrogen-bond acceptors (Lipinski definition) is 3. The standard InChI is InChI=1S/C20H22N2O2S2/c1-12(22-26(23)24)9-17-10-18(17)15-5-3-14(4-6-15)16-7-8-20-19(11-16)21-13(2)25-20/h3-8,11-12,17-18,22H,9-10H2,1-2H3,(H,23,24). The van der Waals surface area contributed by atoms with Gasteiger partial charge in [0, 0.05) is 6.04 Å². The molecule has 1 fully saturated rings. The van der Waals surface area contributed by atoms with Crippen LogP contribution in [-0.2, 0) is 11.3 Å². The average Bonchev–Trinajstić information content (AvgIpc) is 3.24. The minimum atomic E-state index is -1.93. The Morgan fingerprint density at radius 3 is 2.73 bits per heavy atom. The van der Waals surface area contributed by atoms with Crippen LogP contribution in [0.15, 0.2) is 42.5 Å². The molecule has 1 saturated carbocycles. The smallest absolute Gasteiger partial charge is 0.231 e. The van der Waals surface area contributed by atoms with Gasteiger partial charge >= 0.3 is 0 Å². The molecule has 0 amide bonds. The van der Waals surface area contributed by atoms with Gasteiger partial charge in [0.2, 0.25) is 11.3 Å². The van der Waals surface area contributed by atoms with Gasteiger partial charge in [-0.05, 0) is 67.3 Å². The van der Waals surface area contributed by atoms with Crippen LogP contribution in [0.5, 0.6) is 0 Å². The van der Waals surface area contributed by atoms with E-state index in [-0.39, 0.29) is 6.04 Å². The Hall–Kier alpha value is -1.60. The van der Waals surface area contributed by atoms with Crippen molar-refractivity contribution in [1.82, 2.24) is 9.71 Å². The predicted molar refractivity (Wildman–Crippen MR) is 109 cm³/mol. The van der Waals surface area contributed by atoms with Gasteiger partial charge in [0.1, 0.15) is 0 Å². The molecule has 0 bridgehead atoms. The quantitative estimate of drug-likeness (QED) is 0.594. The van der Waals surface area contributed by atoms with Crippen LogP contribution in [0.25, 0.3) is 21.3 Å². The van der Waals surface area contributed by atoms with Crippen molar-refractivity contribution in [3.8, 4) is 11.1 Å². The summed E-state index contributed by atoms with van der Waals surface area (Å²) >= 11 is -0.199. The van der Waals surface area contributed by atoms with Gasteiger partial charge in [-0.2, -0.15) is 0 Å². The summed E-state index contributed by atoms with van der Waals surface area (Å²) in [5.74, 6) is 1.17. The Labute approximate surface area is 160 Å². The summed E-state index contributed by atoms with van der Waals surface area (Å²) in [4.78, 5) is 4.59. The van der Waals surface area contributed by atoms with Crippen molar-refractivity contribution in [2.24, 2.45) is 5.92 Å². The first-order chi connectivity index (χ1) is 12.5. The SMILES string of the molecule is Cc1nc2cc(-c3ccc(C4CC4CC(C)NS(=O)O)cc3)ccc2s1. The van der Waals surface area contributed by atoms with Crippen molar-refractivity contribution >= 4 is 32.8 Å². The third kappa shape index (κ3) is 3.88. The molecule has 1 heterocycles. The number of nitrogens with one attached hydrogen (secondary N) is 1. The maximum absolute atomic E-state index is 10.8. The Morgan fingerprint density at radius 2 is 2.00 bits per heavy atom. The van der Waals surface area contributed by atoms with Gasteiger partial charge in [-0.3, -0.25) is 4.55 Å². The van der Waals surface area contributed by atoms with Crippen LogP contribution in [0.2, 0.25) is 0 Å². The van der Waals surface area contributed by atoms with Gasteiger partial charge in [0.15, 0.2) is 0 Å². The fraction of sp³-hybridized carbons (Fsp3) is 0.350. The molecule has 0 aliphatic heterocycles. The fourth-order valence-corrected chi connectivity index (χ4v) is 4.98. The van der Waals surface area contributed by atoms with E-state index in [0.717, 1.165) is 23.4 Å². The van der Waals surface area contributed by atoms with Crippen molar-refractivity contribution < 1.29 is 8.76 Å². The first-order valence-electron chi connectivity index (χ1n) is 8.84. The first kappa shape index (κ1) is 17.8. The zero-order valence-electron chi connectivity index (χ0n) is 14.8. The van der Waals surface area contributed by atoms with Crippen LogP contribution in [-0.4, -0.2) is 19.8 Å². The number of thiazole rings is 1. The van der Waals surface area contributed by atoms with Crippen molar-refractivity contribution in [3.05, 3.63) is 53.0 Å². The van der Waals surface area contributed by atoms with Gasteiger partial charge in [0.05, 0.1) is 15.2 Å². The summed E-state index contributed by atoms with van der Waals surface area (Å²) in [5.41, 5.74) is 4.84. The van der Waals surface area contributed by atoms with Crippen LogP contribution in [0.3, 0.4) is 0 Å². The molecule has 4 nitrogen and oxygen atoms in total. The van der Waals surface area contributed by atoms with E-state index in [0.29, 0.717) is 11.8 Å². The molecule has 0 radical (unpaired) electrons. The molecule has 136 valence electrons. The van der Waals surface area contributed by atoms with Crippen LogP contribution in [0.1, 0.15) is 36.3 Å². The predicted octanol–water partition coefficient (Wildman–Crippen LogP) is 4.88. The molecule has 4 unspecified atom stereocenters. The van der Waals surface area contributed by atoms with Crippen LogP contribution in [0.4, 0.5) is 0 Å². The van der Waals surface area contributed by atoms with Crippen molar-refractivity contribution in [3.63, 3.8) is 0 Å². The number of rotatable bonds is 6. The highest BCUT2D eigenvalue weighted by Gasteiger charge is 2.38. The molecule has 0 saturated heterocycles. The molecule has 1 aliphatic rings. The van der Waals surface area contributed by atoms with E-state index in [2.05, 4.69) is 52.2 Å². The van der Waals surface area contributed by atoms with E-state index in [1.807, 2.05) is 13.8 Å². The van der Waals surface area contributed by atoms with E-state index >= 15 is 0 Å². The van der Waals surface area contributed by atoms with E-state index < -0.39 is 11.3 Å². The number of benzene rings is 2. The highest BCUT2D eigenvalue weighted by Crippen LogP contribution is 2.50. The number of aryl methyl sites for hydroxylation is 1. The average molecular weight is 387 g/mol. The molecule has 3 aromatic rings. The Bertz CT molecular complexity index is 952. The van der Waals surface area contributed by atoms with Crippen LogP contribution < -0.4 is 4.72 Å². The van der Waals surface area contributed by atoms with Crippen LogP contribution >= 0.6 is 11.3 Å². The molecular formula is C20H22N2O2S2. The van der Waals surface area contributed by atoms with Crippen molar-refractivity contribution in [2.75, 3.05) is 0 Å². The maximum Gasteiger partial charge on any atom is 0.231 e. The van der Waals surface area contributed by atoms with Gasteiger partial charge in [-0.25, -0.2) is 13.9 Å². The number of hydrogen-bond donors (Lipinski definition) is 2. The maximum atomic E-state index is 10.8. The van der Waals surface area contributed by atoms with Gasteiger partial charge < -0.3 is 0 Å². The molecule has 1 aliphatic carbocycles. The number of nitrogens with zero attached hydrogens (tertiary/aromatic N) is 1. The summed E-state index contributed by atoms with van der Waals surface area (Å²) in [6.45, 7) is 4.00. The summed E-state index contributed by atoms with van der Waals surface area (Å²) < 4.78 is 23.6. The molecule has 1 aromatic heterocycles. The second kappa shape index (κ2) is 7.19. The molecule has 2 N–H and O–H groups in total. The first-order valence-corrected chi connectivity index (χ1v) is 10.8. The fourth-order valence-electron chi connectivity index (χ4n) is 3.74. The van der Waals surface area contributed by atoms with E-state index in [1.54, 1.807) is 11.3 Å². The molecule has 26 heavy (non-hydrogen) atoms. The lowest BCUT2D eigenvalue weighted by atomic mass is 10.0. The van der Waals surface area contributed by atoms with Crippen LogP contribution in [0, 0.1) is 12.8 Å². The molecule has 4 rings (SSSR count). The Balaban J connectivity index is 1.44. The topological polar surface area (TPSA) is 62.2 Å². The highest BCUT2D eigenvalue weighted by atomic mass is 32.2. The summed E-state index contributed by atoms with van der Waals surface area (Å²) in [5, 5.41) is 1.10. The second-order valence-corrected chi connectivity index (χ2v) is 9.11. The minimum Gasteiger partial charge on any atom is -0.294 e. The highest BCUT2D eigenvalue weighted by molar-refractivity contribution is 7.77. The summed E-state index contributed by atoms with van der Waals surface area (Å²) in [7, 11) is 0. The molecule has 6 heteroatoms. The van der Waals surface area contributed by atoms with Gasteiger partial charge in [0.25, 0.3) is 0 Å². The van der Waals surface area contributed by atoms with E-state index in [1.165, 1.54) is 21.4 Å². The lowest BCUT2D eigenvalue weighted by Crippen LogP contribution is -2.28. The van der Waals surface area contributed by atoms with E-state index in [9.17, 15) is 4.21 Å². The summed E-state index contributed by atoms with van der Waals surface area (Å²) in [6.07, 6.45) is 2.09. The number of fused-ring (bicyclic) bond motifs is 1. The van der Waals surface area contributed by atoms with Gasteiger partial charge in [-0.1, -0.05) is 30.3 Å². The normalized spacial score (nSPS) is 21.7. The molecule has 2 aromatic carbocycles. The molecule has 4 atom stereocenters. The number of aromatic nitrogens is 1. The monoisotopic (exact) mass is 386 g/mol. The van der Waals surface area contributed by atoms with E-state index in [4.69, 9.17) is 4.55 Å². The zero-order valence-corrected chi connectivity index (χ0v) is 16.4. The second-order valence-electron chi connectivity index (χ2n) is 7.14. The van der Waals surface area contributed by atoms with Crippen molar-refractivity contribution in [2.45, 2.75) is 38.6 Å². The lowest BCUT2D eigenvalue weighted by molar-refractivity contribution is 0.506. The Morgan fingerprint density at radius 1 is 1.27 bits per heavy atom. The minimum absolute atomic E-state index is 0.0587. The lowest BCUT2D eigenvalue weighted by Gasteiger charge is -2.10. The largest absolute Gasteiger partial charge is 0.294 e. The summed E-state index contributed by atoms with van der Waals surface area (Å²) in [6, 6.07) is 15.4. The van der Waals surface area contributed by atoms with Gasteiger partial charge in [-0.15, -0.1) is 11.3 Å².